The van der Waals surface area contributed by atoms with Gasteiger partial charge in [0.1, 0.15) is 5.75 Å². The fourth-order valence-electron chi connectivity index (χ4n) is 1.56. The van der Waals surface area contributed by atoms with Crippen molar-refractivity contribution in [2.24, 2.45) is 0 Å². The number of unbranched alkanes of at least 4 members (excludes halogenated alkanes) is 1. The van der Waals surface area contributed by atoms with Gasteiger partial charge in [-0.2, -0.15) is 13.2 Å². The monoisotopic (exact) mass is 351 g/mol. The lowest BCUT2D eigenvalue weighted by molar-refractivity contribution is -0.384. The highest BCUT2D eigenvalue weighted by molar-refractivity contribution is 7.80. The quantitative estimate of drug-likeness (QED) is 0.338. The van der Waals surface area contributed by atoms with Crippen LogP contribution in [0.5, 0.6) is 5.75 Å². The van der Waals surface area contributed by atoms with Crippen LogP contribution in [0.25, 0.3) is 0 Å². The molecule has 10 heteroatoms. The smallest absolute Gasteiger partial charge is 0.422 e. The molecule has 0 saturated carbocycles. The fraction of sp³-hybridized carbons (Fsp3) is 0.462. The molecule has 0 amide bonds. The number of non-ortho nitro benzene ring substituents is 1. The summed E-state index contributed by atoms with van der Waals surface area (Å²) in [5.41, 5.74) is -0.228. The number of nitro groups is 1. The highest BCUT2D eigenvalue weighted by Gasteiger charge is 2.28. The number of ether oxygens (including phenoxy) is 1. The SMILES string of the molecule is CCCCNC(=S)Nc1cc(OCC(F)(F)F)cc([N+](=O)[O-])c1. The molecule has 0 aliphatic carbocycles. The Morgan fingerprint density at radius 2 is 2.09 bits per heavy atom. The maximum atomic E-state index is 12.2. The van der Waals surface area contributed by atoms with E-state index in [1.54, 1.807) is 0 Å². The van der Waals surface area contributed by atoms with Gasteiger partial charge in [0, 0.05) is 18.7 Å². The van der Waals surface area contributed by atoms with Gasteiger partial charge in [-0.15, -0.1) is 0 Å². The van der Waals surface area contributed by atoms with Crippen molar-refractivity contribution in [3.8, 4) is 5.75 Å². The number of nitro benzene ring substituents is 1. The summed E-state index contributed by atoms with van der Waals surface area (Å²) in [5.74, 6) is -0.268. The molecule has 0 radical (unpaired) electrons. The molecule has 0 aliphatic heterocycles. The lowest BCUT2D eigenvalue weighted by Crippen LogP contribution is -2.29. The van der Waals surface area contributed by atoms with Crippen LogP contribution in [-0.4, -0.2) is 29.4 Å². The maximum absolute atomic E-state index is 12.2. The van der Waals surface area contributed by atoms with Crippen LogP contribution in [0, 0.1) is 10.1 Å². The summed E-state index contributed by atoms with van der Waals surface area (Å²) in [4.78, 5) is 10.1. The number of rotatable bonds is 7. The van der Waals surface area contributed by atoms with Crippen molar-refractivity contribution in [2.75, 3.05) is 18.5 Å². The zero-order valence-electron chi connectivity index (χ0n) is 12.3. The zero-order chi connectivity index (χ0) is 17.5. The minimum absolute atomic E-state index is 0.172. The van der Waals surface area contributed by atoms with Crippen LogP contribution in [0.3, 0.4) is 0 Å². The van der Waals surface area contributed by atoms with E-state index >= 15 is 0 Å². The summed E-state index contributed by atoms with van der Waals surface area (Å²) in [6.45, 7) is 1.09. The van der Waals surface area contributed by atoms with Crippen molar-refractivity contribution in [3.63, 3.8) is 0 Å². The number of benzene rings is 1. The van der Waals surface area contributed by atoms with E-state index in [1.807, 2.05) is 6.92 Å². The molecule has 6 nitrogen and oxygen atoms in total. The van der Waals surface area contributed by atoms with Gasteiger partial charge < -0.3 is 15.4 Å². The minimum Gasteiger partial charge on any atom is -0.484 e. The van der Waals surface area contributed by atoms with E-state index in [4.69, 9.17) is 12.2 Å². The van der Waals surface area contributed by atoms with Crippen LogP contribution in [0.2, 0.25) is 0 Å². The van der Waals surface area contributed by atoms with E-state index in [2.05, 4.69) is 15.4 Å². The first kappa shape index (κ1) is 18.9. The topological polar surface area (TPSA) is 76.4 Å². The summed E-state index contributed by atoms with van der Waals surface area (Å²) < 4.78 is 41.1. The van der Waals surface area contributed by atoms with Gasteiger partial charge in [0.25, 0.3) is 5.69 Å². The van der Waals surface area contributed by atoms with Gasteiger partial charge in [-0.1, -0.05) is 13.3 Å². The second-order valence-electron chi connectivity index (χ2n) is 4.61. The predicted molar refractivity (Wildman–Crippen MR) is 83.8 cm³/mol. The normalized spacial score (nSPS) is 11.0. The second-order valence-corrected chi connectivity index (χ2v) is 5.02. The van der Waals surface area contributed by atoms with E-state index in [1.165, 1.54) is 6.07 Å². The summed E-state index contributed by atoms with van der Waals surface area (Å²) in [7, 11) is 0. The Balaban J connectivity index is 2.83. The molecule has 1 rings (SSSR count). The lowest BCUT2D eigenvalue weighted by atomic mass is 10.2. The first-order valence-electron chi connectivity index (χ1n) is 6.75. The number of hydrogen-bond donors (Lipinski definition) is 2. The number of halogens is 3. The lowest BCUT2D eigenvalue weighted by Gasteiger charge is -2.13. The van der Waals surface area contributed by atoms with Crippen molar-refractivity contribution in [1.82, 2.24) is 5.32 Å². The van der Waals surface area contributed by atoms with Crippen LogP contribution in [-0.2, 0) is 0 Å². The van der Waals surface area contributed by atoms with Crippen LogP contribution in [0.4, 0.5) is 24.5 Å². The Labute approximate surface area is 136 Å². The molecule has 1 aromatic rings. The van der Waals surface area contributed by atoms with Crippen LogP contribution >= 0.6 is 12.2 Å². The average molecular weight is 351 g/mol. The van der Waals surface area contributed by atoms with Crippen molar-refractivity contribution < 1.29 is 22.8 Å². The van der Waals surface area contributed by atoms with Crippen LogP contribution in [0.15, 0.2) is 18.2 Å². The Morgan fingerprint density at radius 1 is 1.39 bits per heavy atom. The van der Waals surface area contributed by atoms with Gasteiger partial charge >= 0.3 is 6.18 Å². The number of anilines is 1. The molecule has 1 aromatic carbocycles. The summed E-state index contributed by atoms with van der Waals surface area (Å²) in [5, 5.41) is 16.7. The van der Waals surface area contributed by atoms with E-state index in [0.29, 0.717) is 6.54 Å². The minimum atomic E-state index is -4.53. The summed E-state index contributed by atoms with van der Waals surface area (Å²) >= 11 is 5.01. The van der Waals surface area contributed by atoms with Gasteiger partial charge in [-0.05, 0) is 18.6 Å². The summed E-state index contributed by atoms with van der Waals surface area (Å²) in [6.07, 6.45) is -2.69. The predicted octanol–water partition coefficient (Wildman–Crippen LogP) is 3.62. The Hall–Kier alpha value is -2.10. The van der Waals surface area contributed by atoms with Crippen molar-refractivity contribution in [2.45, 2.75) is 25.9 Å². The molecule has 0 aliphatic rings. The molecule has 0 unspecified atom stereocenters. The Kier molecular flexibility index (Phi) is 7.01. The van der Waals surface area contributed by atoms with Crippen molar-refractivity contribution in [3.05, 3.63) is 28.3 Å². The van der Waals surface area contributed by atoms with E-state index < -0.39 is 23.4 Å². The molecule has 0 bridgehead atoms. The van der Waals surface area contributed by atoms with Gasteiger partial charge in [0.2, 0.25) is 0 Å². The molecule has 0 atom stereocenters. The molecule has 23 heavy (non-hydrogen) atoms. The third-order valence-electron chi connectivity index (χ3n) is 2.58. The number of nitrogens with one attached hydrogen (secondary N) is 2. The van der Waals surface area contributed by atoms with Gasteiger partial charge in [0.15, 0.2) is 11.7 Å². The number of alkyl halides is 3. The Morgan fingerprint density at radius 3 is 2.65 bits per heavy atom. The van der Waals surface area contributed by atoms with E-state index in [0.717, 1.165) is 25.0 Å². The summed E-state index contributed by atoms with van der Waals surface area (Å²) in [6, 6.07) is 3.30. The standard InChI is InChI=1S/C13H16F3N3O3S/c1-2-3-4-17-12(23)18-9-5-10(19(20)21)7-11(6-9)22-8-13(14,15)16/h5-7H,2-4,8H2,1H3,(H2,17,18,23). The van der Waals surface area contributed by atoms with Crippen molar-refractivity contribution in [1.29, 1.82) is 0 Å². The van der Waals surface area contributed by atoms with Crippen LogP contribution < -0.4 is 15.4 Å². The third kappa shape index (κ3) is 7.63. The van der Waals surface area contributed by atoms with E-state index in [-0.39, 0.29) is 16.5 Å². The highest BCUT2D eigenvalue weighted by Crippen LogP contribution is 2.27. The van der Waals surface area contributed by atoms with Crippen LogP contribution in [0.1, 0.15) is 19.8 Å². The number of thiocarbonyl (C=S) groups is 1. The number of hydrogen-bond acceptors (Lipinski definition) is 4. The average Bonchev–Trinajstić information content (AvgIpc) is 2.44. The molecule has 0 spiro atoms. The number of nitrogens with zero attached hydrogens (tertiary/aromatic N) is 1. The van der Waals surface area contributed by atoms with Crippen molar-refractivity contribution >= 4 is 28.7 Å². The fourth-order valence-corrected chi connectivity index (χ4v) is 1.78. The third-order valence-corrected chi connectivity index (χ3v) is 2.82. The molecule has 0 heterocycles. The highest BCUT2D eigenvalue weighted by atomic mass is 32.1. The molecule has 128 valence electrons. The Bertz CT molecular complexity index is 567. The maximum Gasteiger partial charge on any atom is 0.422 e. The van der Waals surface area contributed by atoms with Gasteiger partial charge in [-0.25, -0.2) is 0 Å². The second kappa shape index (κ2) is 8.51. The zero-order valence-corrected chi connectivity index (χ0v) is 13.1. The molecular weight excluding hydrogens is 335 g/mol. The molecule has 0 aromatic heterocycles. The first-order chi connectivity index (χ1) is 10.7. The molecule has 0 fully saturated rings. The largest absolute Gasteiger partial charge is 0.484 e. The van der Waals surface area contributed by atoms with E-state index in [9.17, 15) is 23.3 Å². The molecular formula is C13H16F3N3O3S. The molecule has 0 saturated heterocycles. The van der Waals surface area contributed by atoms with Gasteiger partial charge in [0.05, 0.1) is 16.7 Å². The molecule has 2 N–H and O–H groups in total. The first-order valence-corrected chi connectivity index (χ1v) is 7.16. The van der Waals surface area contributed by atoms with Gasteiger partial charge in [-0.3, -0.25) is 10.1 Å².